The lowest BCUT2D eigenvalue weighted by atomic mass is 10.1. The van der Waals surface area contributed by atoms with Gasteiger partial charge in [-0.2, -0.15) is 5.26 Å². The Bertz CT molecular complexity index is 492. The number of hydrogen-bond acceptors (Lipinski definition) is 2. The molecule has 1 aromatic carbocycles. The Kier molecular flexibility index (Phi) is 5.10. The van der Waals surface area contributed by atoms with Crippen molar-refractivity contribution in [3.8, 4) is 6.07 Å². The van der Waals surface area contributed by atoms with Crippen LogP contribution in [0.15, 0.2) is 30.3 Å². The van der Waals surface area contributed by atoms with E-state index in [-0.39, 0.29) is 5.04 Å². The monoisotopic (exact) mass is 273 g/mol. The molecule has 0 amide bonds. The molecule has 0 atom stereocenters. The van der Waals surface area contributed by atoms with E-state index >= 15 is 0 Å². The molecule has 1 rings (SSSR count). The van der Waals surface area contributed by atoms with Crippen LogP contribution in [-0.4, -0.2) is 8.32 Å². The second-order valence-corrected chi connectivity index (χ2v) is 11.1. The van der Waals surface area contributed by atoms with Crippen LogP contribution in [0.2, 0.25) is 18.1 Å². The zero-order valence-corrected chi connectivity index (χ0v) is 13.5. The highest BCUT2D eigenvalue weighted by molar-refractivity contribution is 6.74. The van der Waals surface area contributed by atoms with Gasteiger partial charge in [-0.3, -0.25) is 0 Å². The Balaban J connectivity index is 2.74. The Morgan fingerprint density at radius 3 is 2.58 bits per heavy atom. The maximum atomic E-state index is 8.54. The second-order valence-electron chi connectivity index (χ2n) is 6.26. The molecular formula is C16H23NOSi. The van der Waals surface area contributed by atoms with E-state index in [0.717, 1.165) is 11.1 Å². The lowest BCUT2D eigenvalue weighted by Crippen LogP contribution is -2.40. The van der Waals surface area contributed by atoms with Crippen molar-refractivity contribution in [3.63, 3.8) is 0 Å². The molecule has 0 N–H and O–H groups in total. The Labute approximate surface area is 117 Å². The fourth-order valence-corrected chi connectivity index (χ4v) is 2.36. The van der Waals surface area contributed by atoms with Crippen LogP contribution in [0.1, 0.15) is 31.9 Å². The van der Waals surface area contributed by atoms with Gasteiger partial charge in [-0.05, 0) is 41.4 Å². The zero-order valence-electron chi connectivity index (χ0n) is 12.5. The van der Waals surface area contributed by atoms with Gasteiger partial charge in [0.1, 0.15) is 0 Å². The van der Waals surface area contributed by atoms with Crippen LogP contribution < -0.4 is 0 Å². The van der Waals surface area contributed by atoms with Crippen LogP contribution in [0.5, 0.6) is 0 Å². The molecule has 0 unspecified atom stereocenters. The number of nitriles is 1. The van der Waals surface area contributed by atoms with Crippen LogP contribution in [0.3, 0.4) is 0 Å². The molecule has 1 aromatic rings. The van der Waals surface area contributed by atoms with Gasteiger partial charge in [0.2, 0.25) is 0 Å². The van der Waals surface area contributed by atoms with E-state index in [0.29, 0.717) is 6.61 Å². The maximum absolute atomic E-state index is 8.54. The van der Waals surface area contributed by atoms with Gasteiger partial charge in [0, 0.05) is 6.08 Å². The summed E-state index contributed by atoms with van der Waals surface area (Å²) in [5.41, 5.74) is 2.20. The highest BCUT2D eigenvalue weighted by Crippen LogP contribution is 2.37. The Hall–Kier alpha value is -1.37. The molecule has 102 valence electrons. The Morgan fingerprint density at radius 1 is 1.32 bits per heavy atom. The van der Waals surface area contributed by atoms with E-state index in [1.807, 2.05) is 24.3 Å². The molecule has 2 nitrogen and oxygen atoms in total. The molecule has 0 fully saturated rings. The van der Waals surface area contributed by atoms with Gasteiger partial charge in [-0.1, -0.05) is 39.0 Å². The maximum Gasteiger partial charge on any atom is 0.192 e. The van der Waals surface area contributed by atoms with Crippen molar-refractivity contribution in [3.05, 3.63) is 41.5 Å². The molecular weight excluding hydrogens is 250 g/mol. The first-order valence-corrected chi connectivity index (χ1v) is 9.46. The molecule has 0 aliphatic rings. The number of rotatable bonds is 4. The van der Waals surface area contributed by atoms with Crippen molar-refractivity contribution in [1.29, 1.82) is 5.26 Å². The second kappa shape index (κ2) is 6.18. The molecule has 0 spiro atoms. The summed E-state index contributed by atoms with van der Waals surface area (Å²) in [6, 6.07) is 10.1. The highest BCUT2D eigenvalue weighted by Gasteiger charge is 2.36. The van der Waals surface area contributed by atoms with Crippen molar-refractivity contribution in [2.24, 2.45) is 0 Å². The van der Waals surface area contributed by atoms with Crippen LogP contribution >= 0.6 is 0 Å². The van der Waals surface area contributed by atoms with Crippen molar-refractivity contribution in [2.45, 2.75) is 45.5 Å². The summed E-state index contributed by atoms with van der Waals surface area (Å²) in [6.45, 7) is 11.9. The van der Waals surface area contributed by atoms with Gasteiger partial charge < -0.3 is 4.43 Å². The number of nitrogens with zero attached hydrogens (tertiary/aromatic N) is 1. The predicted molar refractivity (Wildman–Crippen MR) is 83.1 cm³/mol. The average molecular weight is 273 g/mol. The summed E-state index contributed by atoms with van der Waals surface area (Å²) in [5, 5.41) is 8.77. The van der Waals surface area contributed by atoms with E-state index in [2.05, 4.69) is 46.0 Å². The fourth-order valence-electron chi connectivity index (χ4n) is 1.40. The van der Waals surface area contributed by atoms with Gasteiger partial charge in [-0.15, -0.1) is 0 Å². The Morgan fingerprint density at radius 2 is 2.00 bits per heavy atom. The zero-order chi connectivity index (χ0) is 14.5. The van der Waals surface area contributed by atoms with Gasteiger partial charge in [0.05, 0.1) is 12.7 Å². The first-order valence-electron chi connectivity index (χ1n) is 6.55. The topological polar surface area (TPSA) is 33.0 Å². The minimum atomic E-state index is -1.70. The molecule has 0 radical (unpaired) electrons. The average Bonchev–Trinajstić information content (AvgIpc) is 2.33. The van der Waals surface area contributed by atoms with Crippen molar-refractivity contribution >= 4 is 14.4 Å². The summed E-state index contributed by atoms with van der Waals surface area (Å²) in [7, 11) is -1.70. The summed E-state index contributed by atoms with van der Waals surface area (Å²) in [5.74, 6) is 0. The molecule has 0 bridgehead atoms. The summed E-state index contributed by atoms with van der Waals surface area (Å²) in [4.78, 5) is 0. The first-order chi connectivity index (χ1) is 8.76. The molecule has 3 heteroatoms. The molecule has 0 aliphatic carbocycles. The standard InChI is InChI=1S/C16H23NOSi/c1-16(2,3)19(4,5)18-13-15-9-6-8-14(12-15)10-7-11-17/h6-10,12H,13H2,1-5H3. The minimum Gasteiger partial charge on any atom is -0.413 e. The highest BCUT2D eigenvalue weighted by atomic mass is 28.4. The third-order valence-corrected chi connectivity index (χ3v) is 8.19. The van der Waals surface area contributed by atoms with E-state index in [1.165, 1.54) is 6.08 Å². The molecule has 0 saturated carbocycles. The summed E-state index contributed by atoms with van der Waals surface area (Å²) in [6.07, 6.45) is 3.31. The molecule has 0 aliphatic heterocycles. The summed E-state index contributed by atoms with van der Waals surface area (Å²) >= 11 is 0. The molecule has 0 saturated heterocycles. The third kappa shape index (κ3) is 4.66. The third-order valence-electron chi connectivity index (χ3n) is 3.71. The van der Waals surface area contributed by atoms with Gasteiger partial charge >= 0.3 is 0 Å². The number of hydrogen-bond donors (Lipinski definition) is 0. The SMILES string of the molecule is CC(C)(C)[Si](C)(C)OCc1cccc(C=CC#N)c1. The van der Waals surface area contributed by atoms with Gasteiger partial charge in [0.25, 0.3) is 0 Å². The van der Waals surface area contributed by atoms with Crippen molar-refractivity contribution < 1.29 is 4.43 Å². The largest absolute Gasteiger partial charge is 0.413 e. The van der Waals surface area contributed by atoms with Crippen LogP contribution in [0.4, 0.5) is 0 Å². The predicted octanol–water partition coefficient (Wildman–Crippen LogP) is 4.75. The molecule has 0 aromatic heterocycles. The van der Waals surface area contributed by atoms with Gasteiger partial charge in [0.15, 0.2) is 8.32 Å². The summed E-state index contributed by atoms with van der Waals surface area (Å²) < 4.78 is 6.19. The van der Waals surface area contributed by atoms with Gasteiger partial charge in [-0.25, -0.2) is 0 Å². The lowest BCUT2D eigenvalue weighted by molar-refractivity contribution is 0.276. The fraction of sp³-hybridized carbons (Fsp3) is 0.438. The van der Waals surface area contributed by atoms with Crippen LogP contribution in [0.25, 0.3) is 6.08 Å². The normalized spacial score (nSPS) is 12.6. The lowest BCUT2D eigenvalue weighted by Gasteiger charge is -2.36. The number of allylic oxidation sites excluding steroid dienone is 1. The first kappa shape index (κ1) is 15.7. The smallest absolute Gasteiger partial charge is 0.192 e. The van der Waals surface area contributed by atoms with E-state index < -0.39 is 8.32 Å². The molecule has 19 heavy (non-hydrogen) atoms. The van der Waals surface area contributed by atoms with E-state index in [1.54, 1.807) is 0 Å². The van der Waals surface area contributed by atoms with Crippen LogP contribution in [0, 0.1) is 11.3 Å². The number of benzene rings is 1. The van der Waals surface area contributed by atoms with Crippen LogP contribution in [-0.2, 0) is 11.0 Å². The van der Waals surface area contributed by atoms with E-state index in [9.17, 15) is 0 Å². The van der Waals surface area contributed by atoms with Crippen molar-refractivity contribution in [1.82, 2.24) is 0 Å². The minimum absolute atomic E-state index is 0.228. The quantitative estimate of drug-likeness (QED) is 0.586. The van der Waals surface area contributed by atoms with E-state index in [4.69, 9.17) is 9.69 Å². The van der Waals surface area contributed by atoms with Crippen molar-refractivity contribution in [2.75, 3.05) is 0 Å². The molecule has 0 heterocycles.